The molecule has 0 saturated heterocycles. The molecule has 0 unspecified atom stereocenters. The summed E-state index contributed by atoms with van der Waals surface area (Å²) in [6.07, 6.45) is 3.55. The van der Waals surface area contributed by atoms with Gasteiger partial charge in [0.05, 0.1) is 7.34 Å². The lowest BCUT2D eigenvalue weighted by Crippen LogP contribution is -1.79. The van der Waals surface area contributed by atoms with Crippen molar-refractivity contribution >= 4 is 13.6 Å². The van der Waals surface area contributed by atoms with E-state index in [1.54, 1.807) is 6.66 Å². The van der Waals surface area contributed by atoms with Gasteiger partial charge in [0.2, 0.25) is 0 Å². The molecule has 0 rings (SSSR count). The summed E-state index contributed by atoms with van der Waals surface area (Å²) in [4.78, 5) is 0. The average molecular weight is 120 g/mol. The smallest absolute Gasteiger partial charge is 0.0520 e. The molecule has 0 aliphatic heterocycles. The van der Waals surface area contributed by atoms with Crippen LogP contribution in [0, 0.1) is 14.2 Å². The topological polar surface area (TPSA) is 18.5 Å². The Morgan fingerprint density at radius 3 is 1.71 bits per heavy atom. The lowest BCUT2D eigenvalue weighted by Gasteiger charge is -2.24. The van der Waals surface area contributed by atoms with Crippen LogP contribution in [0.1, 0.15) is 0 Å². The van der Waals surface area contributed by atoms with Gasteiger partial charge in [0.15, 0.2) is 0 Å². The van der Waals surface area contributed by atoms with Gasteiger partial charge in [-0.05, 0) is 6.66 Å². The monoisotopic (exact) mass is 120 g/mol. The van der Waals surface area contributed by atoms with E-state index in [1.165, 1.54) is 0 Å². The average Bonchev–Trinajstić information content (AvgIpc) is 1.68. The molecule has 0 aliphatic carbocycles. The van der Waals surface area contributed by atoms with Gasteiger partial charge in [-0.15, -0.1) is 0 Å². The first-order valence-corrected chi connectivity index (χ1v) is 3.96. The van der Waals surface area contributed by atoms with Crippen LogP contribution in [0.2, 0.25) is 0 Å². The van der Waals surface area contributed by atoms with Crippen molar-refractivity contribution in [3.63, 3.8) is 0 Å². The molecule has 0 atom stereocenters. The van der Waals surface area contributed by atoms with Gasteiger partial charge in [-0.3, -0.25) is 0 Å². The highest BCUT2D eigenvalue weighted by Gasteiger charge is 1.88. The fourth-order valence-electron chi connectivity index (χ4n) is 0.0373. The quantitative estimate of drug-likeness (QED) is 0.406. The number of rotatable bonds is 2. The summed E-state index contributed by atoms with van der Waals surface area (Å²) in [5.74, 6) is 0. The molecule has 0 bridgehead atoms. The third-order valence-corrected chi connectivity index (χ3v) is 1.64. The lowest BCUT2D eigenvalue weighted by atomic mass is 11.8. The zero-order valence-electron chi connectivity index (χ0n) is 4.39. The van der Waals surface area contributed by atoms with Gasteiger partial charge < -0.3 is 9.05 Å². The van der Waals surface area contributed by atoms with Gasteiger partial charge >= 0.3 is 0 Å². The van der Waals surface area contributed by atoms with Crippen molar-refractivity contribution in [2.45, 2.75) is 0 Å². The summed E-state index contributed by atoms with van der Waals surface area (Å²) in [7, 11) is 4.42. The fourth-order valence-corrected chi connectivity index (χ4v) is 0.112. The largest absolute Gasteiger partial charge is 0.520 e. The zero-order valence-corrected chi connectivity index (χ0v) is 5.28. The SMILES string of the molecule is C=P(C)(O[CH2-])O[CH2-]. The zero-order chi connectivity index (χ0) is 5.91. The van der Waals surface area contributed by atoms with E-state index >= 15 is 0 Å². The minimum atomic E-state index is -1.88. The van der Waals surface area contributed by atoms with Crippen LogP contribution in [-0.4, -0.2) is 13.0 Å². The van der Waals surface area contributed by atoms with Gasteiger partial charge in [0.1, 0.15) is 0 Å². The molecule has 0 N–H and O–H groups in total. The second-order valence-corrected chi connectivity index (χ2v) is 3.82. The van der Waals surface area contributed by atoms with E-state index in [-0.39, 0.29) is 0 Å². The Balaban J connectivity index is 3.61. The van der Waals surface area contributed by atoms with E-state index in [0.717, 1.165) is 0 Å². The molecule has 0 aliphatic rings. The van der Waals surface area contributed by atoms with Crippen molar-refractivity contribution in [1.29, 1.82) is 0 Å². The van der Waals surface area contributed by atoms with Crippen LogP contribution in [0.25, 0.3) is 0 Å². The third kappa shape index (κ3) is 2.86. The molecule has 0 aromatic heterocycles. The second kappa shape index (κ2) is 2.51. The van der Waals surface area contributed by atoms with Gasteiger partial charge in [0, 0.05) is 0 Å². The molecule has 3 heteroatoms. The van der Waals surface area contributed by atoms with Crippen molar-refractivity contribution in [2.24, 2.45) is 0 Å². The Morgan fingerprint density at radius 2 is 1.71 bits per heavy atom. The van der Waals surface area contributed by atoms with Crippen molar-refractivity contribution < 1.29 is 9.05 Å². The van der Waals surface area contributed by atoms with E-state index in [9.17, 15) is 0 Å². The van der Waals surface area contributed by atoms with Crippen LogP contribution in [0.3, 0.4) is 0 Å². The first kappa shape index (κ1) is 7.22. The van der Waals surface area contributed by atoms with Crippen molar-refractivity contribution in [1.82, 2.24) is 0 Å². The molecule has 0 spiro atoms. The maximum atomic E-state index is 4.55. The molecule has 0 radical (unpaired) electrons. The first-order chi connectivity index (χ1) is 3.12. The normalized spacial score (nSPS) is 11.9. The second-order valence-electron chi connectivity index (χ2n) is 1.27. The van der Waals surface area contributed by atoms with E-state index < -0.39 is 7.34 Å². The summed E-state index contributed by atoms with van der Waals surface area (Å²) in [5, 5.41) is 0. The van der Waals surface area contributed by atoms with Crippen LogP contribution in [-0.2, 0) is 9.05 Å². The Hall–Kier alpha value is 0.220. The van der Waals surface area contributed by atoms with Gasteiger partial charge in [-0.2, -0.15) is 0 Å². The van der Waals surface area contributed by atoms with Gasteiger partial charge in [-0.1, -0.05) is 6.30 Å². The Morgan fingerprint density at radius 1 is 1.43 bits per heavy atom. The molecule has 7 heavy (non-hydrogen) atoms. The summed E-state index contributed by atoms with van der Waals surface area (Å²) >= 11 is 0. The van der Waals surface area contributed by atoms with Crippen LogP contribution < -0.4 is 0 Å². The van der Waals surface area contributed by atoms with Crippen molar-refractivity contribution in [3.8, 4) is 0 Å². The summed E-state index contributed by atoms with van der Waals surface area (Å²) < 4.78 is 9.10. The van der Waals surface area contributed by atoms with Crippen molar-refractivity contribution in [3.05, 3.63) is 14.2 Å². The highest BCUT2D eigenvalue weighted by Crippen LogP contribution is 2.41. The minimum absolute atomic E-state index is 1.73. The Bertz CT molecular complexity index is 81.7. The predicted molar refractivity (Wildman–Crippen MR) is 32.8 cm³/mol. The maximum absolute atomic E-state index is 4.55. The van der Waals surface area contributed by atoms with Crippen LogP contribution >= 0.6 is 7.34 Å². The molecule has 44 valence electrons. The highest BCUT2D eigenvalue weighted by molar-refractivity contribution is 7.63. The van der Waals surface area contributed by atoms with E-state index in [0.29, 0.717) is 0 Å². The number of hydrogen-bond donors (Lipinski definition) is 0. The minimum Gasteiger partial charge on any atom is -0.520 e. The lowest BCUT2D eigenvalue weighted by molar-refractivity contribution is 0.400. The van der Waals surface area contributed by atoms with Gasteiger partial charge in [0.25, 0.3) is 0 Å². The molecule has 0 saturated carbocycles. The van der Waals surface area contributed by atoms with Crippen LogP contribution in [0.4, 0.5) is 0 Å². The van der Waals surface area contributed by atoms with Crippen LogP contribution in [0.5, 0.6) is 0 Å². The van der Waals surface area contributed by atoms with Gasteiger partial charge in [-0.25, -0.2) is 14.2 Å². The van der Waals surface area contributed by atoms with E-state index in [1.807, 2.05) is 0 Å². The standard InChI is InChI=1S/C4H9O2P/c1-5-7(3,4)6-2/h1-3H2,4H3/q-2. The molecule has 0 heterocycles. The first-order valence-electron chi connectivity index (χ1n) is 1.71. The molecule has 0 amide bonds. The summed E-state index contributed by atoms with van der Waals surface area (Å²) in [5.41, 5.74) is 0. The fraction of sp³-hybridized carbons (Fsp3) is 0.250. The van der Waals surface area contributed by atoms with E-state index in [4.69, 9.17) is 0 Å². The molecule has 0 fully saturated rings. The Labute approximate surface area is 44.6 Å². The molecule has 0 aromatic carbocycles. The van der Waals surface area contributed by atoms with Crippen LogP contribution in [0.15, 0.2) is 0 Å². The molecule has 0 aromatic rings. The van der Waals surface area contributed by atoms with E-state index in [2.05, 4.69) is 29.6 Å². The highest BCUT2D eigenvalue weighted by atomic mass is 31.2. The molecule has 2 nitrogen and oxygen atoms in total. The Kier molecular flexibility index (Phi) is 2.59. The molecular weight excluding hydrogens is 111 g/mol. The number of hydrogen-bond acceptors (Lipinski definition) is 2. The maximum Gasteiger partial charge on any atom is 0.0520 e. The molecular formula is C4H9O2P-2. The third-order valence-electron chi connectivity index (χ3n) is 0.546. The summed E-state index contributed by atoms with van der Waals surface area (Å²) in [6.45, 7) is 1.73. The summed E-state index contributed by atoms with van der Waals surface area (Å²) in [6, 6.07) is 0. The predicted octanol–water partition coefficient (Wildman–Crippen LogP) is 1.51. The van der Waals surface area contributed by atoms with Crippen molar-refractivity contribution in [2.75, 3.05) is 6.66 Å².